The molecule has 11 heteroatoms. The first-order chi connectivity index (χ1) is 19.2. The van der Waals surface area contributed by atoms with Crippen LogP contribution in [0.5, 0.6) is 5.88 Å². The number of aliphatic imine (C=N–C) groups is 2. The van der Waals surface area contributed by atoms with Crippen molar-refractivity contribution in [1.82, 2.24) is 25.2 Å². The summed E-state index contributed by atoms with van der Waals surface area (Å²) in [6.45, 7) is 14.3. The van der Waals surface area contributed by atoms with E-state index in [1.54, 1.807) is 24.3 Å². The molecule has 2 aromatic heterocycles. The van der Waals surface area contributed by atoms with Crippen LogP contribution in [-0.2, 0) is 22.5 Å². The van der Waals surface area contributed by atoms with Gasteiger partial charge in [0, 0.05) is 41.9 Å². The largest absolute Gasteiger partial charge is 0.610 e. The van der Waals surface area contributed by atoms with Crippen LogP contribution in [-0.4, -0.2) is 60.9 Å². The number of methoxy groups -OCH3 is 1. The van der Waals surface area contributed by atoms with E-state index in [2.05, 4.69) is 26.8 Å². The Morgan fingerprint density at radius 1 is 1.27 bits per heavy atom. The Morgan fingerprint density at radius 3 is 2.60 bits per heavy atom. The van der Waals surface area contributed by atoms with Gasteiger partial charge in [-0.3, -0.25) is 9.69 Å². The predicted molar refractivity (Wildman–Crippen MR) is 157 cm³/mol. The van der Waals surface area contributed by atoms with Gasteiger partial charge in [-0.2, -0.15) is 0 Å². The first kappa shape index (κ1) is 29.4. The Kier molecular flexibility index (Phi) is 9.36. The van der Waals surface area contributed by atoms with E-state index in [9.17, 15) is 9.35 Å². The van der Waals surface area contributed by atoms with Gasteiger partial charge in [-0.1, -0.05) is 13.5 Å². The van der Waals surface area contributed by atoms with Crippen molar-refractivity contribution in [3.05, 3.63) is 59.3 Å². The molecule has 1 unspecified atom stereocenters. The number of ether oxygens (including phenoxy) is 1. The van der Waals surface area contributed by atoms with Gasteiger partial charge in [0.15, 0.2) is 11.7 Å². The smallest absolute Gasteiger partial charge is 0.295 e. The number of pyridine rings is 1. The summed E-state index contributed by atoms with van der Waals surface area (Å²) >= 11 is -1.12. The van der Waals surface area contributed by atoms with Crippen LogP contribution in [0.3, 0.4) is 0 Å². The zero-order chi connectivity index (χ0) is 29.0. The maximum absolute atomic E-state index is 13.8. The maximum atomic E-state index is 13.8. The molecule has 0 saturated heterocycles. The van der Waals surface area contributed by atoms with Crippen molar-refractivity contribution >= 4 is 34.5 Å². The molecule has 3 heterocycles. The third kappa shape index (κ3) is 6.26. The summed E-state index contributed by atoms with van der Waals surface area (Å²) in [5.74, 6) is 1.63. The Labute approximate surface area is 239 Å². The summed E-state index contributed by atoms with van der Waals surface area (Å²) in [4.78, 5) is 38.3. The van der Waals surface area contributed by atoms with E-state index in [-0.39, 0.29) is 17.8 Å². The summed E-state index contributed by atoms with van der Waals surface area (Å²) in [5.41, 5.74) is 4.30. The van der Waals surface area contributed by atoms with Crippen molar-refractivity contribution in [1.29, 1.82) is 0 Å². The Hall–Kier alpha value is -3.57. The number of carbonyl (C=O) groups is 1. The van der Waals surface area contributed by atoms with Gasteiger partial charge < -0.3 is 14.6 Å². The zero-order valence-electron chi connectivity index (χ0n) is 24.0. The lowest BCUT2D eigenvalue weighted by Gasteiger charge is -2.34. The Bertz CT molecular complexity index is 1360. The van der Waals surface area contributed by atoms with Crippen LogP contribution in [0.25, 0.3) is 5.70 Å². The molecule has 1 fully saturated rings. The number of nitrogens with zero attached hydrogens (tertiary/aromatic N) is 6. The van der Waals surface area contributed by atoms with E-state index in [1.807, 2.05) is 40.7 Å². The molecule has 0 aromatic carbocycles. The number of rotatable bonds is 10. The van der Waals surface area contributed by atoms with Gasteiger partial charge in [0.1, 0.15) is 17.8 Å². The number of aromatic nitrogens is 3. The van der Waals surface area contributed by atoms with Crippen molar-refractivity contribution in [3.8, 4) is 5.88 Å². The van der Waals surface area contributed by atoms with Gasteiger partial charge in [0.05, 0.1) is 24.1 Å². The Balaban J connectivity index is 1.70. The lowest BCUT2D eigenvalue weighted by atomic mass is 10.1. The molecule has 1 amide bonds. The summed E-state index contributed by atoms with van der Waals surface area (Å²) in [7, 11) is 1.56. The van der Waals surface area contributed by atoms with Crippen molar-refractivity contribution in [2.24, 2.45) is 9.98 Å². The SMILES string of the molecule is C=C(/N=C1\C(=C(C)C)N=C(NCc2ccc([S+]([O-])CC)nc2)C(=O)N1[C@H](C)CC)c1c(OC)ncnc1C1CC1. The summed E-state index contributed by atoms with van der Waals surface area (Å²) in [5, 5.41) is 3.73. The van der Waals surface area contributed by atoms with Gasteiger partial charge >= 0.3 is 0 Å². The lowest BCUT2D eigenvalue weighted by Crippen LogP contribution is -2.53. The van der Waals surface area contributed by atoms with Crippen LogP contribution in [0.15, 0.2) is 57.5 Å². The minimum atomic E-state index is -1.12. The topological polar surface area (TPSA) is 128 Å². The molecule has 2 atom stereocenters. The Morgan fingerprint density at radius 2 is 2.02 bits per heavy atom. The van der Waals surface area contributed by atoms with Gasteiger partial charge in [-0.05, 0) is 64.2 Å². The maximum Gasteiger partial charge on any atom is 0.295 e. The first-order valence-electron chi connectivity index (χ1n) is 13.5. The van der Waals surface area contributed by atoms with E-state index in [4.69, 9.17) is 14.7 Å². The number of carbonyl (C=O) groups excluding carboxylic acids is 1. The van der Waals surface area contributed by atoms with E-state index in [0.29, 0.717) is 58.3 Å². The molecule has 1 aliphatic heterocycles. The van der Waals surface area contributed by atoms with Crippen LogP contribution in [0.4, 0.5) is 0 Å². The fourth-order valence-electron chi connectivity index (χ4n) is 4.32. The molecule has 0 spiro atoms. The average Bonchev–Trinajstić information content (AvgIpc) is 3.81. The molecular weight excluding hydrogens is 526 g/mol. The fourth-order valence-corrected chi connectivity index (χ4v) is 5.01. The molecule has 4 rings (SSSR count). The minimum Gasteiger partial charge on any atom is -0.610 e. The highest BCUT2D eigenvalue weighted by molar-refractivity contribution is 7.91. The molecule has 1 saturated carbocycles. The third-order valence-corrected chi connectivity index (χ3v) is 8.10. The van der Waals surface area contributed by atoms with Gasteiger partial charge in [0.25, 0.3) is 5.91 Å². The second-order valence-corrected chi connectivity index (χ2v) is 11.7. The molecule has 1 N–H and O–H groups in total. The molecule has 40 heavy (non-hydrogen) atoms. The van der Waals surface area contributed by atoms with Crippen LogP contribution >= 0.6 is 0 Å². The number of allylic oxidation sites excluding steroid dienone is 1. The summed E-state index contributed by atoms with van der Waals surface area (Å²) < 4.78 is 17.6. The van der Waals surface area contributed by atoms with Crippen molar-refractivity contribution in [2.75, 3.05) is 12.9 Å². The van der Waals surface area contributed by atoms with Gasteiger partial charge in [0.2, 0.25) is 10.9 Å². The zero-order valence-corrected chi connectivity index (χ0v) is 24.8. The van der Waals surface area contributed by atoms with E-state index >= 15 is 0 Å². The van der Waals surface area contributed by atoms with Crippen molar-refractivity contribution in [2.45, 2.75) is 77.4 Å². The molecular formula is C29H37N7O3S. The molecule has 10 nitrogen and oxygen atoms in total. The summed E-state index contributed by atoms with van der Waals surface area (Å²) in [6.07, 6.45) is 5.97. The molecule has 0 radical (unpaired) electrons. The second-order valence-electron chi connectivity index (χ2n) is 10.0. The third-order valence-electron chi connectivity index (χ3n) is 6.87. The second kappa shape index (κ2) is 12.7. The highest BCUT2D eigenvalue weighted by Crippen LogP contribution is 2.44. The fraction of sp³-hybridized carbons (Fsp3) is 0.448. The van der Waals surface area contributed by atoms with Crippen molar-refractivity contribution in [3.63, 3.8) is 0 Å². The highest BCUT2D eigenvalue weighted by atomic mass is 32.2. The molecule has 212 valence electrons. The molecule has 2 aromatic rings. The van der Waals surface area contributed by atoms with Crippen LogP contribution in [0.1, 0.15) is 76.6 Å². The standard InChI is InChI=1S/C29H37N7O3S/c1-8-18(5)36-27(34-19(6)23-25(21-11-12-21)32-16-33-28(23)39-7)24(17(3)4)35-26(29(36)37)31-15-20-10-13-22(30-14-20)40(38)9-2/h10,13-14,16,18,21H,6,8-9,11-12,15H2,1-5,7H3,(H,31,35)/b34-27+/t18-,40?/m1/s1. The number of amidine groups is 2. The predicted octanol–water partition coefficient (Wildman–Crippen LogP) is 4.38. The summed E-state index contributed by atoms with van der Waals surface area (Å²) in [6, 6.07) is 3.46. The number of amides is 1. The number of hydrogen-bond acceptors (Lipinski definition) is 9. The molecule has 0 bridgehead atoms. The van der Waals surface area contributed by atoms with Gasteiger partial charge in [-0.25, -0.2) is 24.9 Å². The normalized spacial score (nSPS) is 17.9. The molecule has 2 aliphatic rings. The van der Waals surface area contributed by atoms with E-state index in [0.717, 1.165) is 29.7 Å². The van der Waals surface area contributed by atoms with Crippen molar-refractivity contribution < 1.29 is 14.1 Å². The van der Waals surface area contributed by atoms with Crippen LogP contribution in [0.2, 0.25) is 0 Å². The number of hydrogen-bond donors (Lipinski definition) is 1. The number of nitrogens with one attached hydrogen (secondary N) is 1. The van der Waals surface area contributed by atoms with Gasteiger partial charge in [-0.15, -0.1) is 0 Å². The first-order valence-corrected chi connectivity index (χ1v) is 14.9. The average molecular weight is 564 g/mol. The molecule has 1 aliphatic carbocycles. The highest BCUT2D eigenvalue weighted by Gasteiger charge is 2.36. The monoisotopic (exact) mass is 563 g/mol. The quantitative estimate of drug-likeness (QED) is 0.425. The van der Waals surface area contributed by atoms with Crippen LogP contribution < -0.4 is 10.1 Å². The van der Waals surface area contributed by atoms with E-state index in [1.165, 1.54) is 6.33 Å². The van der Waals surface area contributed by atoms with E-state index < -0.39 is 11.2 Å². The minimum absolute atomic E-state index is 0.150. The van der Waals surface area contributed by atoms with Crippen LogP contribution in [0, 0.1) is 0 Å². The lowest BCUT2D eigenvalue weighted by molar-refractivity contribution is -0.122.